The fourth-order valence-electron chi connectivity index (χ4n) is 3.15. The van der Waals surface area contributed by atoms with Crippen molar-refractivity contribution >= 4 is 11.4 Å². The van der Waals surface area contributed by atoms with E-state index in [0.29, 0.717) is 11.5 Å². The standard InChI is InChI=1S/C13H26N2OS/c1-12(2,3)17(16)15-11-5-4-6-13(11)7-9-14-10-8-13/h11,14-15H,4-10H2,1-3H3/t11?,17-/m1/s1. The first kappa shape index (κ1) is 13.7. The van der Waals surface area contributed by atoms with Crippen molar-refractivity contribution < 1.29 is 4.55 Å². The monoisotopic (exact) mass is 258 g/mol. The van der Waals surface area contributed by atoms with Crippen LogP contribution in [0.15, 0.2) is 0 Å². The minimum atomic E-state index is -0.925. The Bertz CT molecular complexity index is 259. The molecule has 17 heavy (non-hydrogen) atoms. The van der Waals surface area contributed by atoms with E-state index < -0.39 is 11.4 Å². The Balaban J connectivity index is 1.99. The molecule has 2 aliphatic rings. The zero-order valence-electron chi connectivity index (χ0n) is 11.3. The van der Waals surface area contributed by atoms with Crippen molar-refractivity contribution in [3.63, 3.8) is 0 Å². The number of piperidine rings is 1. The SMILES string of the molecule is CC(C)(C)[S@@+]([O-])NC1CCCC12CCNCC2. The van der Waals surface area contributed by atoms with E-state index >= 15 is 0 Å². The number of nitrogens with one attached hydrogen (secondary N) is 2. The Morgan fingerprint density at radius 2 is 1.88 bits per heavy atom. The third-order valence-corrected chi connectivity index (χ3v) is 5.92. The van der Waals surface area contributed by atoms with Crippen molar-refractivity contribution in [2.24, 2.45) is 5.41 Å². The minimum Gasteiger partial charge on any atom is -0.598 e. The average Bonchev–Trinajstić information content (AvgIpc) is 2.61. The third kappa shape index (κ3) is 2.98. The summed E-state index contributed by atoms with van der Waals surface area (Å²) < 4.78 is 15.5. The summed E-state index contributed by atoms with van der Waals surface area (Å²) in [6, 6.07) is 0.463. The van der Waals surface area contributed by atoms with Gasteiger partial charge in [-0.15, -0.1) is 4.72 Å². The van der Waals surface area contributed by atoms with Gasteiger partial charge >= 0.3 is 0 Å². The molecule has 1 aliphatic carbocycles. The van der Waals surface area contributed by atoms with Gasteiger partial charge in [0.1, 0.15) is 4.75 Å². The van der Waals surface area contributed by atoms with E-state index in [1.807, 2.05) is 20.8 Å². The molecule has 0 amide bonds. The molecule has 1 saturated heterocycles. The van der Waals surface area contributed by atoms with Gasteiger partial charge in [-0.3, -0.25) is 0 Å². The van der Waals surface area contributed by atoms with Crippen molar-refractivity contribution in [3.8, 4) is 0 Å². The van der Waals surface area contributed by atoms with Crippen LogP contribution in [-0.2, 0) is 11.4 Å². The first-order valence-corrected chi connectivity index (χ1v) is 7.98. The Hall–Kier alpha value is 0.230. The van der Waals surface area contributed by atoms with Gasteiger partial charge in [0.05, 0.1) is 6.04 Å². The fourth-order valence-corrected chi connectivity index (χ4v) is 4.13. The number of hydrogen-bond donors (Lipinski definition) is 2. The van der Waals surface area contributed by atoms with Crippen LogP contribution in [0.2, 0.25) is 0 Å². The van der Waals surface area contributed by atoms with Gasteiger partial charge < -0.3 is 9.87 Å². The van der Waals surface area contributed by atoms with Crippen LogP contribution in [0.5, 0.6) is 0 Å². The maximum Gasteiger partial charge on any atom is 0.136 e. The second kappa shape index (κ2) is 5.08. The quantitative estimate of drug-likeness (QED) is 0.744. The van der Waals surface area contributed by atoms with Crippen LogP contribution in [0.4, 0.5) is 0 Å². The van der Waals surface area contributed by atoms with Crippen molar-refractivity contribution in [1.29, 1.82) is 0 Å². The highest BCUT2D eigenvalue weighted by molar-refractivity contribution is 7.90. The summed E-state index contributed by atoms with van der Waals surface area (Å²) in [4.78, 5) is 0. The summed E-state index contributed by atoms with van der Waals surface area (Å²) in [5, 5.41) is 3.44. The summed E-state index contributed by atoms with van der Waals surface area (Å²) in [5.74, 6) is 0. The van der Waals surface area contributed by atoms with Gasteiger partial charge in [0.25, 0.3) is 0 Å². The maximum absolute atomic E-state index is 12.2. The predicted molar refractivity (Wildman–Crippen MR) is 73.2 cm³/mol. The second-order valence-electron chi connectivity index (χ2n) is 6.56. The van der Waals surface area contributed by atoms with Crippen LogP contribution in [0.3, 0.4) is 0 Å². The molecule has 4 heteroatoms. The molecule has 2 N–H and O–H groups in total. The van der Waals surface area contributed by atoms with Gasteiger partial charge in [-0.25, -0.2) is 0 Å². The Kier molecular flexibility index (Phi) is 4.08. The molecule has 100 valence electrons. The van der Waals surface area contributed by atoms with Crippen LogP contribution in [-0.4, -0.2) is 28.4 Å². The van der Waals surface area contributed by atoms with Crippen molar-refractivity contribution in [1.82, 2.24) is 10.0 Å². The minimum absolute atomic E-state index is 0.156. The molecule has 1 saturated carbocycles. The Morgan fingerprint density at radius 1 is 1.24 bits per heavy atom. The topological polar surface area (TPSA) is 47.1 Å². The first-order valence-electron chi connectivity index (χ1n) is 6.83. The molecule has 1 unspecified atom stereocenters. The smallest absolute Gasteiger partial charge is 0.136 e. The summed E-state index contributed by atoms with van der Waals surface area (Å²) in [5.41, 5.74) is 0.423. The summed E-state index contributed by atoms with van der Waals surface area (Å²) in [7, 11) is 0. The fraction of sp³-hybridized carbons (Fsp3) is 1.00. The average molecular weight is 258 g/mol. The molecule has 1 aliphatic heterocycles. The molecule has 2 rings (SSSR count). The molecule has 2 atom stereocenters. The van der Waals surface area contributed by atoms with Gasteiger partial charge in [0, 0.05) is 11.4 Å². The zero-order chi connectivity index (χ0) is 12.5. The molecular weight excluding hydrogens is 232 g/mol. The lowest BCUT2D eigenvalue weighted by Crippen LogP contribution is -2.52. The van der Waals surface area contributed by atoms with E-state index in [1.54, 1.807) is 0 Å². The van der Waals surface area contributed by atoms with E-state index in [-0.39, 0.29) is 4.75 Å². The molecule has 2 fully saturated rings. The molecule has 0 aromatic heterocycles. The zero-order valence-corrected chi connectivity index (χ0v) is 12.2. The maximum atomic E-state index is 12.2. The van der Waals surface area contributed by atoms with Gasteiger partial charge in [0.15, 0.2) is 0 Å². The van der Waals surface area contributed by atoms with Gasteiger partial charge in [-0.05, 0) is 65.0 Å². The van der Waals surface area contributed by atoms with E-state index in [0.717, 1.165) is 13.1 Å². The van der Waals surface area contributed by atoms with Gasteiger partial charge in [-0.2, -0.15) is 0 Å². The number of rotatable bonds is 2. The van der Waals surface area contributed by atoms with Gasteiger partial charge in [0.2, 0.25) is 0 Å². The molecule has 1 heterocycles. The molecule has 0 radical (unpaired) electrons. The lowest BCUT2D eigenvalue weighted by atomic mass is 9.75. The molecular formula is C13H26N2OS. The molecule has 0 bridgehead atoms. The first-order chi connectivity index (χ1) is 7.94. The summed E-state index contributed by atoms with van der Waals surface area (Å²) >= 11 is -0.925. The summed E-state index contributed by atoms with van der Waals surface area (Å²) in [6.45, 7) is 8.38. The molecule has 1 spiro atoms. The third-order valence-electron chi connectivity index (χ3n) is 4.31. The van der Waals surface area contributed by atoms with Crippen LogP contribution >= 0.6 is 0 Å². The van der Waals surface area contributed by atoms with E-state index in [9.17, 15) is 4.55 Å². The van der Waals surface area contributed by atoms with E-state index in [1.165, 1.54) is 32.1 Å². The highest BCUT2D eigenvalue weighted by Gasteiger charge is 2.46. The Labute approximate surface area is 108 Å². The Morgan fingerprint density at radius 3 is 2.47 bits per heavy atom. The highest BCUT2D eigenvalue weighted by atomic mass is 32.2. The second-order valence-corrected chi connectivity index (χ2v) is 8.55. The normalized spacial score (nSPS) is 30.7. The highest BCUT2D eigenvalue weighted by Crippen LogP contribution is 2.45. The van der Waals surface area contributed by atoms with E-state index in [4.69, 9.17) is 0 Å². The number of hydrogen-bond acceptors (Lipinski definition) is 3. The lowest BCUT2D eigenvalue weighted by Gasteiger charge is -2.40. The van der Waals surface area contributed by atoms with Crippen LogP contribution in [0.25, 0.3) is 0 Å². The predicted octanol–water partition coefficient (Wildman–Crippen LogP) is 1.96. The van der Waals surface area contributed by atoms with Crippen molar-refractivity contribution in [2.45, 2.75) is 63.7 Å². The van der Waals surface area contributed by atoms with Crippen LogP contribution in [0.1, 0.15) is 52.9 Å². The lowest BCUT2D eigenvalue weighted by molar-refractivity contribution is 0.173. The van der Waals surface area contributed by atoms with Crippen LogP contribution < -0.4 is 10.0 Å². The molecule has 0 aromatic rings. The molecule has 0 aromatic carbocycles. The van der Waals surface area contributed by atoms with Crippen molar-refractivity contribution in [3.05, 3.63) is 0 Å². The summed E-state index contributed by atoms with van der Waals surface area (Å²) in [6.07, 6.45) is 6.28. The van der Waals surface area contributed by atoms with Crippen molar-refractivity contribution in [2.75, 3.05) is 13.1 Å². The largest absolute Gasteiger partial charge is 0.598 e. The van der Waals surface area contributed by atoms with E-state index in [2.05, 4.69) is 10.0 Å². The molecule has 3 nitrogen and oxygen atoms in total. The van der Waals surface area contributed by atoms with Gasteiger partial charge in [-0.1, -0.05) is 6.42 Å². The van der Waals surface area contributed by atoms with Crippen LogP contribution in [0, 0.1) is 5.41 Å².